The Morgan fingerprint density at radius 1 is 1.50 bits per heavy atom. The third-order valence-corrected chi connectivity index (χ3v) is 3.37. The Labute approximate surface area is 114 Å². The first-order valence-corrected chi connectivity index (χ1v) is 7.02. The van der Waals surface area contributed by atoms with E-state index in [-0.39, 0.29) is 0 Å². The molecule has 1 heterocycles. The number of nitrogens with zero attached hydrogens (tertiary/aromatic N) is 3. The number of hydrogen-bond donors (Lipinski definition) is 1. The first kappa shape index (κ1) is 13.4. The van der Waals surface area contributed by atoms with Crippen LogP contribution >= 0.6 is 11.6 Å². The number of rotatable bonds is 6. The fraction of sp³-hybridized carbons (Fsp3) is 0.692. The molecule has 1 saturated carbocycles. The average molecular weight is 269 g/mol. The van der Waals surface area contributed by atoms with Crippen LogP contribution in [-0.4, -0.2) is 29.1 Å². The molecule has 0 aromatic carbocycles. The van der Waals surface area contributed by atoms with Gasteiger partial charge in [-0.1, -0.05) is 11.6 Å². The molecule has 0 radical (unpaired) electrons. The van der Waals surface area contributed by atoms with Crippen LogP contribution in [0.25, 0.3) is 0 Å². The van der Waals surface area contributed by atoms with Gasteiger partial charge < -0.3 is 10.2 Å². The maximum atomic E-state index is 6.24. The number of hydrogen-bond acceptors (Lipinski definition) is 4. The molecule has 100 valence electrons. The van der Waals surface area contributed by atoms with Crippen molar-refractivity contribution in [3.8, 4) is 0 Å². The van der Waals surface area contributed by atoms with Crippen LogP contribution in [0.15, 0.2) is 6.20 Å². The molecule has 0 aliphatic heterocycles. The smallest absolute Gasteiger partial charge is 0.224 e. The third kappa shape index (κ3) is 3.25. The van der Waals surface area contributed by atoms with Crippen LogP contribution in [0, 0.1) is 5.92 Å². The molecular weight excluding hydrogens is 248 g/mol. The van der Waals surface area contributed by atoms with Gasteiger partial charge in [-0.05, 0) is 39.5 Å². The van der Waals surface area contributed by atoms with Crippen molar-refractivity contribution in [2.45, 2.75) is 39.7 Å². The summed E-state index contributed by atoms with van der Waals surface area (Å²) < 4.78 is 0. The van der Waals surface area contributed by atoms with Gasteiger partial charge in [0.05, 0.1) is 6.20 Å². The summed E-state index contributed by atoms with van der Waals surface area (Å²) >= 11 is 6.24. The Kier molecular flexibility index (Phi) is 4.27. The predicted molar refractivity (Wildman–Crippen MR) is 76.4 cm³/mol. The number of nitrogens with one attached hydrogen (secondary N) is 1. The molecule has 1 aromatic rings. The van der Waals surface area contributed by atoms with Crippen LogP contribution in [0.2, 0.25) is 5.02 Å². The Balaban J connectivity index is 2.23. The summed E-state index contributed by atoms with van der Waals surface area (Å²) in [5.74, 6) is 2.31. The average Bonchev–Trinajstić information content (AvgIpc) is 3.13. The van der Waals surface area contributed by atoms with E-state index in [0.717, 1.165) is 24.8 Å². The topological polar surface area (TPSA) is 41.1 Å². The van der Waals surface area contributed by atoms with Gasteiger partial charge in [0.25, 0.3) is 0 Å². The maximum absolute atomic E-state index is 6.24. The Morgan fingerprint density at radius 3 is 2.78 bits per heavy atom. The van der Waals surface area contributed by atoms with Crippen molar-refractivity contribution >= 4 is 23.4 Å². The van der Waals surface area contributed by atoms with Crippen LogP contribution in [0.3, 0.4) is 0 Å². The van der Waals surface area contributed by atoms with Crippen LogP contribution in [0.4, 0.5) is 11.8 Å². The van der Waals surface area contributed by atoms with Crippen molar-refractivity contribution < 1.29 is 0 Å². The molecule has 0 spiro atoms. The fourth-order valence-electron chi connectivity index (χ4n) is 1.92. The van der Waals surface area contributed by atoms with Crippen molar-refractivity contribution in [3.63, 3.8) is 0 Å². The van der Waals surface area contributed by atoms with Gasteiger partial charge in [-0.25, -0.2) is 4.98 Å². The largest absolute Gasteiger partial charge is 0.354 e. The molecule has 4 nitrogen and oxygen atoms in total. The molecule has 0 unspecified atom stereocenters. The van der Waals surface area contributed by atoms with Crippen LogP contribution in [0.5, 0.6) is 0 Å². The van der Waals surface area contributed by atoms with E-state index in [9.17, 15) is 0 Å². The lowest BCUT2D eigenvalue weighted by Gasteiger charge is -2.28. The minimum absolute atomic E-state index is 0.396. The molecule has 1 aliphatic carbocycles. The second-order valence-electron chi connectivity index (χ2n) is 5.08. The van der Waals surface area contributed by atoms with Crippen molar-refractivity contribution in [2.75, 3.05) is 23.3 Å². The van der Waals surface area contributed by atoms with Gasteiger partial charge in [0.15, 0.2) is 5.82 Å². The van der Waals surface area contributed by atoms with Crippen molar-refractivity contribution in [1.82, 2.24) is 9.97 Å². The van der Waals surface area contributed by atoms with Gasteiger partial charge >= 0.3 is 0 Å². The minimum atomic E-state index is 0.396. The first-order valence-electron chi connectivity index (χ1n) is 6.64. The summed E-state index contributed by atoms with van der Waals surface area (Å²) in [4.78, 5) is 11.0. The van der Waals surface area contributed by atoms with Gasteiger partial charge in [-0.2, -0.15) is 4.98 Å². The Bertz CT molecular complexity index is 404. The van der Waals surface area contributed by atoms with E-state index in [2.05, 4.69) is 34.0 Å². The van der Waals surface area contributed by atoms with E-state index in [0.29, 0.717) is 17.0 Å². The molecule has 5 heteroatoms. The van der Waals surface area contributed by atoms with E-state index in [1.807, 2.05) is 6.92 Å². The molecule has 1 aliphatic rings. The highest BCUT2D eigenvalue weighted by atomic mass is 35.5. The zero-order chi connectivity index (χ0) is 13.1. The van der Waals surface area contributed by atoms with Crippen LogP contribution < -0.4 is 10.2 Å². The molecular formula is C13H21ClN4. The molecule has 0 saturated heterocycles. The third-order valence-electron chi connectivity index (χ3n) is 3.11. The summed E-state index contributed by atoms with van der Waals surface area (Å²) in [7, 11) is 0. The summed E-state index contributed by atoms with van der Waals surface area (Å²) in [5, 5.41) is 3.76. The van der Waals surface area contributed by atoms with E-state index in [4.69, 9.17) is 11.6 Å². The molecule has 1 fully saturated rings. The lowest BCUT2D eigenvalue weighted by atomic mass is 10.2. The first-order chi connectivity index (χ1) is 8.61. The van der Waals surface area contributed by atoms with Gasteiger partial charge in [0, 0.05) is 19.1 Å². The highest BCUT2D eigenvalue weighted by Gasteiger charge is 2.27. The molecule has 1 N–H and O–H groups in total. The second kappa shape index (κ2) is 5.74. The lowest BCUT2D eigenvalue weighted by Crippen LogP contribution is -2.34. The molecule has 0 amide bonds. The molecule has 0 atom stereocenters. The SMILES string of the molecule is CCNc1ncc(Cl)c(N(CC2CC2)C(C)C)n1. The normalized spacial score (nSPS) is 14.9. The Morgan fingerprint density at radius 2 is 2.22 bits per heavy atom. The summed E-state index contributed by atoms with van der Waals surface area (Å²) in [6.07, 6.45) is 4.34. The van der Waals surface area contributed by atoms with Crippen molar-refractivity contribution in [2.24, 2.45) is 5.92 Å². The Hall–Kier alpha value is -1.03. The van der Waals surface area contributed by atoms with E-state index >= 15 is 0 Å². The van der Waals surface area contributed by atoms with Crippen LogP contribution in [0.1, 0.15) is 33.6 Å². The van der Waals surface area contributed by atoms with E-state index in [1.54, 1.807) is 6.20 Å². The quantitative estimate of drug-likeness (QED) is 0.860. The maximum Gasteiger partial charge on any atom is 0.224 e. The van der Waals surface area contributed by atoms with E-state index in [1.165, 1.54) is 12.8 Å². The highest BCUT2D eigenvalue weighted by molar-refractivity contribution is 6.32. The van der Waals surface area contributed by atoms with Gasteiger partial charge in [0.1, 0.15) is 5.02 Å². The summed E-state index contributed by atoms with van der Waals surface area (Å²) in [6, 6.07) is 0.396. The summed E-state index contributed by atoms with van der Waals surface area (Å²) in [5.41, 5.74) is 0. The zero-order valence-corrected chi connectivity index (χ0v) is 12.0. The summed E-state index contributed by atoms with van der Waals surface area (Å²) in [6.45, 7) is 8.23. The van der Waals surface area contributed by atoms with Gasteiger partial charge in [-0.15, -0.1) is 0 Å². The number of aromatic nitrogens is 2. The van der Waals surface area contributed by atoms with Crippen molar-refractivity contribution in [3.05, 3.63) is 11.2 Å². The number of anilines is 2. The van der Waals surface area contributed by atoms with E-state index < -0.39 is 0 Å². The lowest BCUT2D eigenvalue weighted by molar-refractivity contribution is 0.636. The van der Waals surface area contributed by atoms with Crippen molar-refractivity contribution in [1.29, 1.82) is 0 Å². The molecule has 1 aromatic heterocycles. The zero-order valence-electron chi connectivity index (χ0n) is 11.3. The predicted octanol–water partition coefficient (Wildman–Crippen LogP) is 3.19. The monoisotopic (exact) mass is 268 g/mol. The van der Waals surface area contributed by atoms with Gasteiger partial charge in [-0.3, -0.25) is 0 Å². The minimum Gasteiger partial charge on any atom is -0.354 e. The second-order valence-corrected chi connectivity index (χ2v) is 5.49. The molecule has 18 heavy (non-hydrogen) atoms. The standard InChI is InChI=1S/C13H21ClN4/c1-4-15-13-16-7-11(14)12(17-13)18(9(2)3)8-10-5-6-10/h7,9-10H,4-6,8H2,1-3H3,(H,15,16,17). The number of halogens is 1. The fourth-order valence-corrected chi connectivity index (χ4v) is 2.12. The molecule has 0 bridgehead atoms. The van der Waals surface area contributed by atoms with Gasteiger partial charge in [0.2, 0.25) is 5.95 Å². The van der Waals surface area contributed by atoms with Crippen LogP contribution in [-0.2, 0) is 0 Å². The molecule has 2 rings (SSSR count). The highest BCUT2D eigenvalue weighted by Crippen LogP contribution is 2.34.